The molecule has 1 heterocycles. The zero-order valence-corrected chi connectivity index (χ0v) is 15.5. The van der Waals surface area contributed by atoms with Crippen molar-refractivity contribution < 1.29 is 9.53 Å². The van der Waals surface area contributed by atoms with Gasteiger partial charge in [-0.3, -0.25) is 4.79 Å². The van der Waals surface area contributed by atoms with E-state index in [1.165, 1.54) is 5.56 Å². The van der Waals surface area contributed by atoms with Crippen LogP contribution in [0, 0.1) is 12.8 Å². The van der Waals surface area contributed by atoms with Gasteiger partial charge in [-0.15, -0.1) is 0 Å². The van der Waals surface area contributed by atoms with Crippen molar-refractivity contribution in [2.24, 2.45) is 11.7 Å². The SMILES string of the molecule is Cc1cccc(COc2cccc(CC(=O)N3CCC(CN)CC3)c2)c1. The Morgan fingerprint density at radius 3 is 2.58 bits per heavy atom. The number of aryl methyl sites for hydroxylation is 1. The number of likely N-dealkylation sites (tertiary alicyclic amines) is 1. The van der Waals surface area contributed by atoms with E-state index >= 15 is 0 Å². The number of piperidine rings is 1. The van der Waals surface area contributed by atoms with Gasteiger partial charge in [0.15, 0.2) is 0 Å². The fraction of sp³-hybridized carbons (Fsp3) is 0.409. The normalized spacial score (nSPS) is 15.1. The summed E-state index contributed by atoms with van der Waals surface area (Å²) >= 11 is 0. The molecule has 1 amide bonds. The van der Waals surface area contributed by atoms with Gasteiger partial charge in [0.1, 0.15) is 12.4 Å². The Morgan fingerprint density at radius 2 is 1.85 bits per heavy atom. The Kier molecular flexibility index (Phi) is 6.29. The van der Waals surface area contributed by atoms with Crippen molar-refractivity contribution in [3.63, 3.8) is 0 Å². The van der Waals surface area contributed by atoms with Gasteiger partial charge in [-0.1, -0.05) is 42.0 Å². The van der Waals surface area contributed by atoms with Gasteiger partial charge in [0, 0.05) is 13.1 Å². The Bertz CT molecular complexity index is 736. The summed E-state index contributed by atoms with van der Waals surface area (Å²) < 4.78 is 5.90. The number of rotatable bonds is 6. The highest BCUT2D eigenvalue weighted by Crippen LogP contribution is 2.19. The van der Waals surface area contributed by atoms with Crippen molar-refractivity contribution in [3.8, 4) is 5.75 Å². The molecule has 0 spiro atoms. The Hall–Kier alpha value is -2.33. The van der Waals surface area contributed by atoms with Crippen molar-refractivity contribution >= 4 is 5.91 Å². The van der Waals surface area contributed by atoms with Gasteiger partial charge < -0.3 is 15.4 Å². The Labute approximate surface area is 156 Å². The topological polar surface area (TPSA) is 55.6 Å². The van der Waals surface area contributed by atoms with E-state index in [0.717, 1.165) is 49.4 Å². The first kappa shape index (κ1) is 18.5. The lowest BCUT2D eigenvalue weighted by atomic mass is 9.96. The molecule has 0 aromatic heterocycles. The van der Waals surface area contributed by atoms with Crippen LogP contribution in [0.15, 0.2) is 48.5 Å². The fourth-order valence-electron chi connectivity index (χ4n) is 3.42. The third-order valence-electron chi connectivity index (χ3n) is 5.04. The summed E-state index contributed by atoms with van der Waals surface area (Å²) in [4.78, 5) is 14.5. The van der Waals surface area contributed by atoms with Crippen LogP contribution >= 0.6 is 0 Å². The molecular weight excluding hydrogens is 324 g/mol. The summed E-state index contributed by atoms with van der Waals surface area (Å²) in [6.45, 7) is 4.98. The van der Waals surface area contributed by atoms with E-state index in [4.69, 9.17) is 10.5 Å². The van der Waals surface area contributed by atoms with Crippen LogP contribution < -0.4 is 10.5 Å². The zero-order valence-electron chi connectivity index (χ0n) is 15.5. The van der Waals surface area contributed by atoms with Crippen molar-refractivity contribution in [3.05, 3.63) is 65.2 Å². The number of nitrogens with zero attached hydrogens (tertiary/aromatic N) is 1. The van der Waals surface area contributed by atoms with Crippen LogP contribution in [-0.4, -0.2) is 30.4 Å². The molecule has 2 aromatic rings. The number of amides is 1. The lowest BCUT2D eigenvalue weighted by Crippen LogP contribution is -2.40. The molecule has 0 bridgehead atoms. The van der Waals surface area contributed by atoms with E-state index in [1.807, 2.05) is 35.2 Å². The molecule has 3 rings (SSSR count). The summed E-state index contributed by atoms with van der Waals surface area (Å²) in [6.07, 6.45) is 2.46. The third kappa shape index (κ3) is 5.09. The maximum atomic E-state index is 12.5. The minimum Gasteiger partial charge on any atom is -0.489 e. The summed E-state index contributed by atoms with van der Waals surface area (Å²) in [5, 5.41) is 0. The summed E-state index contributed by atoms with van der Waals surface area (Å²) in [5.41, 5.74) is 9.10. The van der Waals surface area contributed by atoms with E-state index in [9.17, 15) is 4.79 Å². The van der Waals surface area contributed by atoms with E-state index in [-0.39, 0.29) is 5.91 Å². The summed E-state index contributed by atoms with van der Waals surface area (Å²) in [5.74, 6) is 1.56. The van der Waals surface area contributed by atoms with Crippen LogP contribution in [0.2, 0.25) is 0 Å². The second-order valence-corrected chi connectivity index (χ2v) is 7.16. The molecule has 26 heavy (non-hydrogen) atoms. The highest BCUT2D eigenvalue weighted by molar-refractivity contribution is 5.79. The standard InChI is InChI=1S/C22H28N2O2/c1-17-4-2-6-20(12-17)16-26-21-7-3-5-19(13-21)14-22(25)24-10-8-18(15-23)9-11-24/h2-7,12-13,18H,8-11,14-16,23H2,1H3. The maximum Gasteiger partial charge on any atom is 0.226 e. The van der Waals surface area contributed by atoms with Crippen LogP contribution in [-0.2, 0) is 17.8 Å². The molecule has 0 saturated carbocycles. The van der Waals surface area contributed by atoms with E-state index in [1.54, 1.807) is 0 Å². The summed E-state index contributed by atoms with van der Waals surface area (Å²) in [7, 11) is 0. The van der Waals surface area contributed by atoms with Crippen molar-refractivity contribution in [1.82, 2.24) is 4.90 Å². The Morgan fingerprint density at radius 1 is 1.12 bits per heavy atom. The molecule has 0 atom stereocenters. The van der Waals surface area contributed by atoms with Gasteiger partial charge in [-0.05, 0) is 55.5 Å². The fourth-order valence-corrected chi connectivity index (χ4v) is 3.42. The highest BCUT2D eigenvalue weighted by Gasteiger charge is 2.21. The first-order valence-corrected chi connectivity index (χ1v) is 9.39. The molecule has 138 valence electrons. The molecule has 0 radical (unpaired) electrons. The lowest BCUT2D eigenvalue weighted by Gasteiger charge is -2.31. The second kappa shape index (κ2) is 8.86. The number of carbonyl (C=O) groups is 1. The molecule has 0 unspecified atom stereocenters. The number of hydrogen-bond acceptors (Lipinski definition) is 3. The van der Waals surface area contributed by atoms with Crippen LogP contribution in [0.4, 0.5) is 0 Å². The molecule has 2 aromatic carbocycles. The van der Waals surface area contributed by atoms with Crippen molar-refractivity contribution in [2.75, 3.05) is 19.6 Å². The van der Waals surface area contributed by atoms with Gasteiger partial charge in [-0.25, -0.2) is 0 Å². The van der Waals surface area contributed by atoms with Gasteiger partial charge in [0.05, 0.1) is 6.42 Å². The van der Waals surface area contributed by atoms with Gasteiger partial charge in [0.2, 0.25) is 5.91 Å². The largest absolute Gasteiger partial charge is 0.489 e. The lowest BCUT2D eigenvalue weighted by molar-refractivity contribution is -0.131. The number of ether oxygens (including phenoxy) is 1. The second-order valence-electron chi connectivity index (χ2n) is 7.16. The van der Waals surface area contributed by atoms with Crippen molar-refractivity contribution in [2.45, 2.75) is 32.8 Å². The average Bonchev–Trinajstić information content (AvgIpc) is 2.67. The molecule has 1 aliphatic heterocycles. The van der Waals surface area contributed by atoms with E-state index in [0.29, 0.717) is 18.9 Å². The molecule has 1 fully saturated rings. The van der Waals surface area contributed by atoms with Gasteiger partial charge >= 0.3 is 0 Å². The number of hydrogen-bond donors (Lipinski definition) is 1. The third-order valence-corrected chi connectivity index (χ3v) is 5.04. The minimum atomic E-state index is 0.191. The average molecular weight is 352 g/mol. The van der Waals surface area contributed by atoms with Crippen LogP contribution in [0.1, 0.15) is 29.5 Å². The van der Waals surface area contributed by atoms with Crippen LogP contribution in [0.3, 0.4) is 0 Å². The highest BCUT2D eigenvalue weighted by atomic mass is 16.5. The Balaban J connectivity index is 1.54. The molecule has 0 aliphatic carbocycles. The van der Waals surface area contributed by atoms with E-state index < -0.39 is 0 Å². The molecule has 2 N–H and O–H groups in total. The summed E-state index contributed by atoms with van der Waals surface area (Å²) in [6, 6.07) is 16.2. The van der Waals surface area contributed by atoms with Crippen LogP contribution in [0.5, 0.6) is 5.75 Å². The number of nitrogens with two attached hydrogens (primary N) is 1. The maximum absolute atomic E-state index is 12.5. The monoisotopic (exact) mass is 352 g/mol. The van der Waals surface area contributed by atoms with Gasteiger partial charge in [-0.2, -0.15) is 0 Å². The smallest absolute Gasteiger partial charge is 0.226 e. The molecule has 1 aliphatic rings. The predicted molar refractivity (Wildman–Crippen MR) is 104 cm³/mol. The quantitative estimate of drug-likeness (QED) is 0.868. The number of carbonyl (C=O) groups excluding carboxylic acids is 1. The minimum absolute atomic E-state index is 0.191. The first-order valence-electron chi connectivity index (χ1n) is 9.39. The molecule has 4 heteroatoms. The van der Waals surface area contributed by atoms with E-state index in [2.05, 4.69) is 25.1 Å². The van der Waals surface area contributed by atoms with Crippen LogP contribution in [0.25, 0.3) is 0 Å². The molecule has 4 nitrogen and oxygen atoms in total. The van der Waals surface area contributed by atoms with Crippen molar-refractivity contribution in [1.29, 1.82) is 0 Å². The molecular formula is C22H28N2O2. The zero-order chi connectivity index (χ0) is 18.4. The predicted octanol–water partition coefficient (Wildman–Crippen LogP) is 3.31. The molecule has 1 saturated heterocycles. The number of benzene rings is 2. The van der Waals surface area contributed by atoms with Gasteiger partial charge in [0.25, 0.3) is 0 Å². The first-order chi connectivity index (χ1) is 12.6.